The van der Waals surface area contributed by atoms with Gasteiger partial charge in [-0.2, -0.15) is 0 Å². The number of rotatable bonds is 4. The van der Waals surface area contributed by atoms with Crippen molar-refractivity contribution in [2.24, 2.45) is 5.16 Å². The minimum Gasteiger partial charge on any atom is -0.395 e. The van der Waals surface area contributed by atoms with Gasteiger partial charge in [0.15, 0.2) is 0 Å². The molecule has 0 aliphatic heterocycles. The molecule has 0 amide bonds. The highest BCUT2D eigenvalue weighted by Gasteiger charge is 1.93. The van der Waals surface area contributed by atoms with Crippen molar-refractivity contribution < 1.29 is 4.84 Å². The van der Waals surface area contributed by atoms with Crippen LogP contribution in [0.5, 0.6) is 0 Å². The van der Waals surface area contributed by atoms with Crippen molar-refractivity contribution in [3.05, 3.63) is 34.9 Å². The molecule has 0 saturated heterocycles. The molecule has 0 unspecified atom stereocenters. The Labute approximate surface area is 88.5 Å². The Bertz CT molecular complexity index is 355. The lowest BCUT2D eigenvalue weighted by Gasteiger charge is -1.96. The third kappa shape index (κ3) is 3.51. The quantitative estimate of drug-likeness (QED) is 0.322. The summed E-state index contributed by atoms with van der Waals surface area (Å²) in [5.74, 6) is 2.45. The van der Waals surface area contributed by atoms with Crippen molar-refractivity contribution in [1.82, 2.24) is 0 Å². The zero-order chi connectivity index (χ0) is 10.2. The monoisotopic (exact) mass is 207 g/mol. The predicted octanol–water partition coefficient (Wildman–Crippen LogP) is 2.71. The fourth-order valence-corrected chi connectivity index (χ4v) is 1.02. The molecule has 1 aromatic rings. The summed E-state index contributed by atoms with van der Waals surface area (Å²) >= 11 is 5.89. The summed E-state index contributed by atoms with van der Waals surface area (Å²) in [6.45, 7) is 0.428. The van der Waals surface area contributed by atoms with E-state index in [9.17, 15) is 0 Å². The molecule has 2 nitrogen and oxygen atoms in total. The molecule has 1 aromatic carbocycles. The number of halogens is 1. The first-order valence-electron chi connectivity index (χ1n) is 4.18. The van der Waals surface area contributed by atoms with Gasteiger partial charge in [-0.15, -0.1) is 12.3 Å². The first-order valence-corrected chi connectivity index (χ1v) is 4.55. The number of nitrogens with zero attached hydrogens (tertiary/aromatic N) is 1. The Hall–Kier alpha value is -1.46. The standard InChI is InChI=1S/C11H10ClNO/c1-2-3-8-14-13-9-10-6-4-5-7-11(10)12/h1,4-7,9H,3,8H2. The smallest absolute Gasteiger partial charge is 0.128 e. The van der Waals surface area contributed by atoms with Gasteiger partial charge >= 0.3 is 0 Å². The Morgan fingerprint density at radius 1 is 1.50 bits per heavy atom. The molecular weight excluding hydrogens is 198 g/mol. The van der Waals surface area contributed by atoms with Gasteiger partial charge in [-0.1, -0.05) is 35.0 Å². The first kappa shape index (κ1) is 10.6. The Morgan fingerprint density at radius 2 is 2.29 bits per heavy atom. The second kappa shape index (κ2) is 6.06. The van der Waals surface area contributed by atoms with E-state index in [-0.39, 0.29) is 0 Å². The highest BCUT2D eigenvalue weighted by atomic mass is 35.5. The Morgan fingerprint density at radius 3 is 3.00 bits per heavy atom. The van der Waals surface area contributed by atoms with Gasteiger partial charge in [0.1, 0.15) is 6.61 Å². The van der Waals surface area contributed by atoms with Crippen molar-refractivity contribution in [2.75, 3.05) is 6.61 Å². The molecule has 0 aliphatic rings. The van der Waals surface area contributed by atoms with E-state index in [4.69, 9.17) is 22.9 Å². The van der Waals surface area contributed by atoms with Crippen molar-refractivity contribution in [3.63, 3.8) is 0 Å². The summed E-state index contributed by atoms with van der Waals surface area (Å²) in [6.07, 6.45) is 7.17. The molecule has 0 N–H and O–H groups in total. The molecule has 0 aliphatic carbocycles. The van der Waals surface area contributed by atoms with Crippen molar-refractivity contribution in [3.8, 4) is 12.3 Å². The zero-order valence-corrected chi connectivity index (χ0v) is 8.37. The van der Waals surface area contributed by atoms with Crippen LogP contribution in [-0.4, -0.2) is 12.8 Å². The summed E-state index contributed by atoms with van der Waals surface area (Å²) in [6, 6.07) is 7.40. The number of hydrogen-bond acceptors (Lipinski definition) is 2. The van der Waals surface area contributed by atoms with Crippen molar-refractivity contribution in [1.29, 1.82) is 0 Å². The highest BCUT2D eigenvalue weighted by Crippen LogP contribution is 2.12. The van der Waals surface area contributed by atoms with Crippen LogP contribution >= 0.6 is 11.6 Å². The maximum Gasteiger partial charge on any atom is 0.128 e. The van der Waals surface area contributed by atoms with E-state index in [1.165, 1.54) is 0 Å². The summed E-state index contributed by atoms with van der Waals surface area (Å²) < 4.78 is 0. The number of terminal acetylenes is 1. The largest absolute Gasteiger partial charge is 0.395 e. The average molecular weight is 208 g/mol. The molecule has 0 atom stereocenters. The summed E-state index contributed by atoms with van der Waals surface area (Å²) in [4.78, 5) is 4.90. The second-order valence-electron chi connectivity index (χ2n) is 2.54. The van der Waals surface area contributed by atoms with Crippen LogP contribution in [0.2, 0.25) is 5.02 Å². The molecule has 14 heavy (non-hydrogen) atoms. The fourth-order valence-electron chi connectivity index (χ4n) is 0.831. The minimum atomic E-state index is 0.428. The van der Waals surface area contributed by atoms with Crippen LogP contribution in [0.1, 0.15) is 12.0 Å². The van der Waals surface area contributed by atoms with Gasteiger partial charge in [-0.25, -0.2) is 0 Å². The third-order valence-corrected chi connectivity index (χ3v) is 1.85. The topological polar surface area (TPSA) is 21.6 Å². The van der Waals surface area contributed by atoms with Gasteiger partial charge < -0.3 is 4.84 Å². The average Bonchev–Trinajstić information content (AvgIpc) is 2.20. The number of hydrogen-bond donors (Lipinski definition) is 0. The van der Waals surface area contributed by atoms with E-state index in [2.05, 4.69) is 11.1 Å². The lowest BCUT2D eigenvalue weighted by Crippen LogP contribution is -1.87. The van der Waals surface area contributed by atoms with Crippen molar-refractivity contribution in [2.45, 2.75) is 6.42 Å². The van der Waals surface area contributed by atoms with Gasteiger partial charge in [-0.3, -0.25) is 0 Å². The molecule has 3 heteroatoms. The molecule has 0 fully saturated rings. The number of oxime groups is 1. The van der Waals surface area contributed by atoms with Crippen LogP contribution in [0.15, 0.2) is 29.4 Å². The lowest BCUT2D eigenvalue weighted by molar-refractivity contribution is 0.152. The van der Waals surface area contributed by atoms with Gasteiger partial charge in [0.05, 0.1) is 6.21 Å². The predicted molar refractivity (Wildman–Crippen MR) is 58.4 cm³/mol. The van der Waals surface area contributed by atoms with Gasteiger partial charge in [0.2, 0.25) is 0 Å². The van der Waals surface area contributed by atoms with E-state index >= 15 is 0 Å². The molecular formula is C11H10ClNO. The van der Waals surface area contributed by atoms with Crippen molar-refractivity contribution >= 4 is 17.8 Å². The molecule has 0 spiro atoms. The van der Waals surface area contributed by atoms with Gasteiger partial charge in [0.25, 0.3) is 0 Å². The highest BCUT2D eigenvalue weighted by molar-refractivity contribution is 6.33. The molecule has 0 bridgehead atoms. The first-order chi connectivity index (χ1) is 6.84. The molecule has 0 saturated carbocycles. The van der Waals surface area contributed by atoms with E-state index in [0.29, 0.717) is 18.1 Å². The fraction of sp³-hybridized carbons (Fsp3) is 0.182. The van der Waals surface area contributed by atoms with Gasteiger partial charge in [-0.05, 0) is 6.07 Å². The maximum atomic E-state index is 5.89. The third-order valence-electron chi connectivity index (χ3n) is 1.51. The van der Waals surface area contributed by atoms with Gasteiger partial charge in [0, 0.05) is 17.0 Å². The molecule has 0 aromatic heterocycles. The maximum absolute atomic E-state index is 5.89. The lowest BCUT2D eigenvalue weighted by atomic mass is 10.2. The van der Waals surface area contributed by atoms with E-state index < -0.39 is 0 Å². The van der Waals surface area contributed by atoms with E-state index in [0.717, 1.165) is 5.56 Å². The second-order valence-corrected chi connectivity index (χ2v) is 2.95. The molecule has 1 rings (SSSR count). The zero-order valence-electron chi connectivity index (χ0n) is 7.61. The summed E-state index contributed by atoms with van der Waals surface area (Å²) in [5.41, 5.74) is 0.829. The van der Waals surface area contributed by atoms with E-state index in [1.807, 2.05) is 18.2 Å². The van der Waals surface area contributed by atoms with Crippen LogP contribution in [0.25, 0.3) is 0 Å². The Balaban J connectivity index is 2.45. The number of benzene rings is 1. The van der Waals surface area contributed by atoms with E-state index in [1.54, 1.807) is 12.3 Å². The van der Waals surface area contributed by atoms with Crippen LogP contribution in [0, 0.1) is 12.3 Å². The molecule has 0 radical (unpaired) electrons. The van der Waals surface area contributed by atoms with Crippen LogP contribution in [0.4, 0.5) is 0 Å². The van der Waals surface area contributed by atoms with Crippen LogP contribution in [0.3, 0.4) is 0 Å². The SMILES string of the molecule is C#CCCON=Cc1ccccc1Cl. The normalized spacial score (nSPS) is 10.0. The molecule has 0 heterocycles. The molecule has 72 valence electrons. The van der Waals surface area contributed by atoms with Crippen LogP contribution < -0.4 is 0 Å². The summed E-state index contributed by atoms with van der Waals surface area (Å²) in [7, 11) is 0. The minimum absolute atomic E-state index is 0.428. The summed E-state index contributed by atoms with van der Waals surface area (Å²) in [5, 5.41) is 4.38. The Kier molecular flexibility index (Phi) is 4.60. The van der Waals surface area contributed by atoms with Crippen LogP contribution in [-0.2, 0) is 4.84 Å².